The topological polar surface area (TPSA) is 84.4 Å². The smallest absolute Gasteiger partial charge is 0.175 e. The summed E-state index contributed by atoms with van der Waals surface area (Å²) in [6.07, 6.45) is 6.24. The summed E-state index contributed by atoms with van der Waals surface area (Å²) in [5.74, 6) is 2.13. The van der Waals surface area contributed by atoms with E-state index in [-0.39, 0.29) is 4.90 Å². The summed E-state index contributed by atoms with van der Waals surface area (Å²) < 4.78 is 30.9. The lowest BCUT2D eigenvalue weighted by Gasteiger charge is -2.33. The average Bonchev–Trinajstić information content (AvgIpc) is 3.76. The number of sulfone groups is 1. The molecule has 1 atom stereocenters. The second-order valence-electron chi connectivity index (χ2n) is 10.8. The fourth-order valence-corrected chi connectivity index (χ4v) is 6.03. The van der Waals surface area contributed by atoms with Gasteiger partial charge in [-0.05, 0) is 61.9 Å². The van der Waals surface area contributed by atoms with Gasteiger partial charge in [0.15, 0.2) is 15.7 Å². The van der Waals surface area contributed by atoms with E-state index in [1.54, 1.807) is 18.2 Å². The lowest BCUT2D eigenvalue weighted by atomic mass is 10.0. The van der Waals surface area contributed by atoms with E-state index >= 15 is 0 Å². The predicted octanol–water partition coefficient (Wildman–Crippen LogP) is 5.57. The van der Waals surface area contributed by atoms with Crippen LogP contribution in [0.25, 0.3) is 22.0 Å². The van der Waals surface area contributed by atoms with Crippen LogP contribution in [0.15, 0.2) is 77.7 Å². The quantitative estimate of drug-likeness (QED) is 0.296. The van der Waals surface area contributed by atoms with Crippen molar-refractivity contribution in [1.29, 1.82) is 0 Å². The highest BCUT2D eigenvalue weighted by Crippen LogP contribution is 2.37. The molecule has 8 heteroatoms. The van der Waals surface area contributed by atoms with Gasteiger partial charge in [0.2, 0.25) is 0 Å². The van der Waals surface area contributed by atoms with Crippen LogP contribution >= 0.6 is 0 Å². The molecule has 2 fully saturated rings. The van der Waals surface area contributed by atoms with Gasteiger partial charge in [-0.2, -0.15) is 0 Å². The van der Waals surface area contributed by atoms with Gasteiger partial charge in [-0.15, -0.1) is 10.2 Å². The number of fused-ring (bicyclic) bond motifs is 1. The Hall–Kier alpha value is -3.49. The Morgan fingerprint density at radius 3 is 2.49 bits per heavy atom. The van der Waals surface area contributed by atoms with Crippen molar-refractivity contribution < 1.29 is 13.2 Å². The molecule has 2 aliphatic rings. The second-order valence-corrected chi connectivity index (χ2v) is 12.8. The molecule has 39 heavy (non-hydrogen) atoms. The van der Waals surface area contributed by atoms with Crippen LogP contribution in [0.1, 0.15) is 31.2 Å². The maximum absolute atomic E-state index is 12.3. The molecule has 1 aromatic heterocycles. The summed E-state index contributed by atoms with van der Waals surface area (Å²) in [7, 11) is -3.41. The summed E-state index contributed by atoms with van der Waals surface area (Å²) in [6.45, 7) is 3.72. The van der Waals surface area contributed by atoms with Crippen LogP contribution in [0.5, 0.6) is 5.75 Å². The molecule has 0 bridgehead atoms. The SMILES string of the molecule is CS(=O)(=O)c1ccc(-c2nnc(N[C@@H]3CCCN(CC4CC4)C3)c3ccccc23)c(OCc2ccccc2)c1. The summed E-state index contributed by atoms with van der Waals surface area (Å²) >= 11 is 0. The monoisotopic (exact) mass is 542 g/mol. The Kier molecular flexibility index (Phi) is 7.23. The first-order valence-corrected chi connectivity index (χ1v) is 15.6. The molecule has 4 aromatic rings. The molecule has 0 spiro atoms. The van der Waals surface area contributed by atoms with Gasteiger partial charge in [0.1, 0.15) is 18.1 Å². The van der Waals surface area contributed by atoms with Crippen molar-refractivity contribution in [3.05, 3.63) is 78.4 Å². The number of anilines is 1. The van der Waals surface area contributed by atoms with E-state index in [9.17, 15) is 8.42 Å². The van der Waals surface area contributed by atoms with Crippen LogP contribution in [0.2, 0.25) is 0 Å². The van der Waals surface area contributed by atoms with Crippen LogP contribution in [0.3, 0.4) is 0 Å². The molecule has 0 amide bonds. The van der Waals surface area contributed by atoms with Gasteiger partial charge >= 0.3 is 0 Å². The van der Waals surface area contributed by atoms with Crippen LogP contribution in [0.4, 0.5) is 5.82 Å². The maximum atomic E-state index is 12.3. The Morgan fingerprint density at radius 2 is 1.72 bits per heavy atom. The highest BCUT2D eigenvalue weighted by Gasteiger charge is 2.28. The van der Waals surface area contributed by atoms with Crippen molar-refractivity contribution in [2.45, 2.75) is 43.2 Å². The fourth-order valence-electron chi connectivity index (χ4n) is 5.39. The molecule has 2 heterocycles. The van der Waals surface area contributed by atoms with Crippen molar-refractivity contribution in [2.24, 2.45) is 5.92 Å². The van der Waals surface area contributed by atoms with E-state index in [1.807, 2.05) is 48.5 Å². The zero-order chi connectivity index (χ0) is 26.8. The maximum Gasteiger partial charge on any atom is 0.175 e. The Bertz CT molecular complexity index is 1570. The van der Waals surface area contributed by atoms with E-state index in [2.05, 4.69) is 26.5 Å². The fraction of sp³-hybridized carbons (Fsp3) is 0.355. The third-order valence-electron chi connectivity index (χ3n) is 7.62. The number of ether oxygens (including phenoxy) is 1. The molecule has 6 rings (SSSR count). The van der Waals surface area contributed by atoms with Crippen LogP contribution in [0, 0.1) is 5.92 Å². The molecule has 7 nitrogen and oxygen atoms in total. The molecule has 1 aliphatic heterocycles. The van der Waals surface area contributed by atoms with Gasteiger partial charge in [0.25, 0.3) is 0 Å². The molecule has 1 saturated carbocycles. The molecule has 0 unspecified atom stereocenters. The number of rotatable bonds is 9. The standard InChI is InChI=1S/C31H34N4O3S/c1-39(36,37)25-15-16-28(29(18-25)38-21-23-8-3-2-4-9-23)30-26-11-5-6-12-27(26)31(34-33-30)32-24-10-7-17-35(20-24)19-22-13-14-22/h2-6,8-9,11-12,15-16,18,22,24H,7,10,13-14,17,19-21H2,1H3,(H,32,34)/t24-/m1/s1. The predicted molar refractivity (Wildman–Crippen MR) is 155 cm³/mol. The molecular weight excluding hydrogens is 508 g/mol. The number of nitrogens with zero attached hydrogens (tertiary/aromatic N) is 3. The van der Waals surface area contributed by atoms with Gasteiger partial charge < -0.3 is 15.0 Å². The number of likely N-dealkylation sites (tertiary alicyclic amines) is 1. The molecule has 1 saturated heterocycles. The summed E-state index contributed by atoms with van der Waals surface area (Å²) in [5, 5.41) is 14.9. The van der Waals surface area contributed by atoms with Crippen LogP contribution in [-0.4, -0.2) is 55.4 Å². The van der Waals surface area contributed by atoms with Gasteiger partial charge in [-0.3, -0.25) is 0 Å². The number of nitrogens with one attached hydrogen (secondary N) is 1. The number of piperidine rings is 1. The van der Waals surface area contributed by atoms with Crippen molar-refractivity contribution in [2.75, 3.05) is 31.2 Å². The van der Waals surface area contributed by atoms with Gasteiger partial charge in [0, 0.05) is 41.7 Å². The number of hydrogen-bond donors (Lipinski definition) is 1. The lowest BCUT2D eigenvalue weighted by molar-refractivity contribution is 0.208. The first-order chi connectivity index (χ1) is 18.9. The van der Waals surface area contributed by atoms with E-state index in [0.29, 0.717) is 29.7 Å². The number of aromatic nitrogens is 2. The second kappa shape index (κ2) is 10.9. The Balaban J connectivity index is 1.33. The van der Waals surface area contributed by atoms with Crippen LogP contribution in [-0.2, 0) is 16.4 Å². The summed E-state index contributed by atoms with van der Waals surface area (Å²) in [6, 6.07) is 23.2. The molecular formula is C31H34N4O3S. The molecule has 1 aliphatic carbocycles. The highest BCUT2D eigenvalue weighted by atomic mass is 32.2. The van der Waals surface area contributed by atoms with E-state index in [4.69, 9.17) is 4.74 Å². The van der Waals surface area contributed by atoms with Crippen LogP contribution < -0.4 is 10.1 Å². The first-order valence-electron chi connectivity index (χ1n) is 13.7. The Labute approximate surface area is 230 Å². The molecule has 1 N–H and O–H groups in total. The van der Waals surface area contributed by atoms with Crippen molar-refractivity contribution in [3.63, 3.8) is 0 Å². The number of hydrogen-bond acceptors (Lipinski definition) is 7. The lowest BCUT2D eigenvalue weighted by Crippen LogP contribution is -2.43. The zero-order valence-electron chi connectivity index (χ0n) is 22.2. The van der Waals surface area contributed by atoms with Crippen molar-refractivity contribution in [1.82, 2.24) is 15.1 Å². The minimum atomic E-state index is -3.41. The van der Waals surface area contributed by atoms with E-state index in [0.717, 1.165) is 41.0 Å². The third kappa shape index (κ3) is 6.07. The summed E-state index contributed by atoms with van der Waals surface area (Å²) in [4.78, 5) is 2.79. The van der Waals surface area contributed by atoms with Crippen molar-refractivity contribution in [3.8, 4) is 17.0 Å². The minimum Gasteiger partial charge on any atom is -0.488 e. The largest absolute Gasteiger partial charge is 0.488 e. The van der Waals surface area contributed by atoms with Gasteiger partial charge in [0.05, 0.1) is 4.90 Å². The van der Waals surface area contributed by atoms with Crippen molar-refractivity contribution >= 4 is 26.4 Å². The van der Waals surface area contributed by atoms with E-state index in [1.165, 1.54) is 38.6 Å². The molecule has 0 radical (unpaired) electrons. The highest BCUT2D eigenvalue weighted by molar-refractivity contribution is 7.90. The normalized spacial score (nSPS) is 18.2. The van der Waals surface area contributed by atoms with Gasteiger partial charge in [-0.1, -0.05) is 54.6 Å². The summed E-state index contributed by atoms with van der Waals surface area (Å²) in [5.41, 5.74) is 2.37. The minimum absolute atomic E-state index is 0.206. The van der Waals surface area contributed by atoms with Gasteiger partial charge in [-0.25, -0.2) is 8.42 Å². The first kappa shape index (κ1) is 25.8. The average molecular weight is 543 g/mol. The number of benzene rings is 3. The molecule has 3 aromatic carbocycles. The third-order valence-corrected chi connectivity index (χ3v) is 8.73. The Morgan fingerprint density at radius 1 is 0.949 bits per heavy atom. The molecule has 202 valence electrons. The van der Waals surface area contributed by atoms with E-state index < -0.39 is 9.84 Å². The zero-order valence-corrected chi connectivity index (χ0v) is 23.0.